The topological polar surface area (TPSA) is 82.9 Å². The SMILES string of the molecule is C=C(/C=C\C(C)=C\CCC)CN=C(N)c1cc(-c2ccc(F)cc2)cc(OCC2(C)COC2)c1C.CCCCN. The van der Waals surface area contributed by atoms with E-state index in [0.29, 0.717) is 32.2 Å². The second kappa shape index (κ2) is 16.8. The third-order valence-electron chi connectivity index (χ3n) is 6.64. The summed E-state index contributed by atoms with van der Waals surface area (Å²) in [5.74, 6) is 0.883. The fourth-order valence-electron chi connectivity index (χ4n) is 3.92. The van der Waals surface area contributed by atoms with E-state index in [-0.39, 0.29) is 11.2 Å². The fraction of sp³-hybridized carbons (Fsp3) is 0.441. The third-order valence-corrected chi connectivity index (χ3v) is 6.64. The largest absolute Gasteiger partial charge is 0.493 e. The number of nitrogens with two attached hydrogens (primary N) is 2. The summed E-state index contributed by atoms with van der Waals surface area (Å²) in [7, 11) is 0. The molecule has 2 aromatic rings. The molecule has 5 nitrogen and oxygen atoms in total. The Labute approximate surface area is 240 Å². The Kier molecular flexibility index (Phi) is 13.8. The number of ether oxygens (including phenoxy) is 2. The van der Waals surface area contributed by atoms with Gasteiger partial charge in [-0.2, -0.15) is 0 Å². The highest BCUT2D eigenvalue weighted by Gasteiger charge is 2.34. The summed E-state index contributed by atoms with van der Waals surface area (Å²) in [5.41, 5.74) is 17.2. The molecule has 3 rings (SSSR count). The van der Waals surface area contributed by atoms with Gasteiger partial charge in [-0.25, -0.2) is 4.39 Å². The van der Waals surface area contributed by atoms with Crippen LogP contribution in [0.1, 0.15) is 64.5 Å². The molecule has 6 heteroatoms. The molecular formula is C34H48FN3O2. The monoisotopic (exact) mass is 549 g/mol. The van der Waals surface area contributed by atoms with E-state index < -0.39 is 0 Å². The number of amidine groups is 1. The Morgan fingerprint density at radius 2 is 1.82 bits per heavy atom. The fourth-order valence-corrected chi connectivity index (χ4v) is 3.92. The highest BCUT2D eigenvalue weighted by atomic mass is 19.1. The van der Waals surface area contributed by atoms with Gasteiger partial charge in [-0.1, -0.05) is 76.1 Å². The highest BCUT2D eigenvalue weighted by Crippen LogP contribution is 2.33. The minimum Gasteiger partial charge on any atom is -0.493 e. The van der Waals surface area contributed by atoms with Crippen LogP contribution in [-0.4, -0.2) is 38.7 Å². The van der Waals surface area contributed by atoms with Gasteiger partial charge in [-0.15, -0.1) is 0 Å². The van der Waals surface area contributed by atoms with E-state index in [9.17, 15) is 4.39 Å². The van der Waals surface area contributed by atoms with E-state index in [1.165, 1.54) is 30.5 Å². The number of halogens is 1. The molecule has 0 aliphatic carbocycles. The van der Waals surface area contributed by atoms with Crippen LogP contribution in [-0.2, 0) is 4.74 Å². The normalized spacial score (nSPS) is 14.9. The van der Waals surface area contributed by atoms with Crippen molar-refractivity contribution in [2.75, 3.05) is 32.9 Å². The van der Waals surface area contributed by atoms with Crippen LogP contribution in [0.3, 0.4) is 0 Å². The average molecular weight is 550 g/mol. The Hall–Kier alpha value is -3.22. The first-order chi connectivity index (χ1) is 19.1. The summed E-state index contributed by atoms with van der Waals surface area (Å²) >= 11 is 0. The first kappa shape index (κ1) is 33.0. The molecule has 218 valence electrons. The van der Waals surface area contributed by atoms with E-state index in [0.717, 1.165) is 53.0 Å². The van der Waals surface area contributed by atoms with E-state index in [4.69, 9.17) is 20.9 Å². The molecule has 4 N–H and O–H groups in total. The molecule has 2 aromatic carbocycles. The van der Waals surface area contributed by atoms with E-state index >= 15 is 0 Å². The van der Waals surface area contributed by atoms with Gasteiger partial charge < -0.3 is 20.9 Å². The van der Waals surface area contributed by atoms with Gasteiger partial charge in [0.05, 0.1) is 26.4 Å². The minimum atomic E-state index is -0.275. The maximum atomic E-state index is 13.5. The number of aliphatic imine (C=N–C) groups is 1. The number of rotatable bonds is 13. The highest BCUT2D eigenvalue weighted by molar-refractivity contribution is 6.00. The predicted molar refractivity (Wildman–Crippen MR) is 167 cm³/mol. The van der Waals surface area contributed by atoms with E-state index in [1.54, 1.807) is 12.1 Å². The van der Waals surface area contributed by atoms with Crippen molar-refractivity contribution in [1.82, 2.24) is 0 Å². The van der Waals surface area contributed by atoms with Crippen molar-refractivity contribution in [3.05, 3.63) is 89.3 Å². The summed E-state index contributed by atoms with van der Waals surface area (Å²) in [5, 5.41) is 0. The molecule has 40 heavy (non-hydrogen) atoms. The van der Waals surface area contributed by atoms with Crippen LogP contribution in [0, 0.1) is 18.2 Å². The van der Waals surface area contributed by atoms with Gasteiger partial charge >= 0.3 is 0 Å². The molecule has 0 spiro atoms. The Balaban J connectivity index is 0.00000103. The maximum absolute atomic E-state index is 13.5. The van der Waals surface area contributed by atoms with Crippen LogP contribution >= 0.6 is 0 Å². The van der Waals surface area contributed by atoms with Gasteiger partial charge in [0.1, 0.15) is 17.4 Å². The summed E-state index contributed by atoms with van der Waals surface area (Å²) in [6.45, 7) is 17.8. The molecule has 0 radical (unpaired) electrons. The number of unbranched alkanes of at least 4 members (excludes halogenated alkanes) is 2. The van der Waals surface area contributed by atoms with Crippen molar-refractivity contribution in [2.45, 2.75) is 60.3 Å². The van der Waals surface area contributed by atoms with Crippen molar-refractivity contribution < 1.29 is 13.9 Å². The summed E-state index contributed by atoms with van der Waals surface area (Å²) in [6.07, 6.45) is 10.8. The zero-order valence-electron chi connectivity index (χ0n) is 25.1. The molecule has 0 amide bonds. The molecular weight excluding hydrogens is 501 g/mol. The first-order valence-corrected chi connectivity index (χ1v) is 14.3. The molecule has 0 saturated carbocycles. The van der Waals surface area contributed by atoms with Crippen LogP contribution in [0.25, 0.3) is 11.1 Å². The van der Waals surface area contributed by atoms with Crippen molar-refractivity contribution >= 4 is 5.84 Å². The molecule has 1 aliphatic heterocycles. The second-order valence-corrected chi connectivity index (χ2v) is 10.8. The van der Waals surface area contributed by atoms with Gasteiger partial charge in [0.15, 0.2) is 0 Å². The zero-order valence-corrected chi connectivity index (χ0v) is 25.1. The van der Waals surface area contributed by atoms with Crippen molar-refractivity contribution in [1.29, 1.82) is 0 Å². The Bertz CT molecular complexity index is 1180. The zero-order chi connectivity index (χ0) is 29.5. The van der Waals surface area contributed by atoms with Crippen LogP contribution < -0.4 is 16.2 Å². The lowest BCUT2D eigenvalue weighted by atomic mass is 9.90. The molecule has 1 aliphatic rings. The lowest BCUT2D eigenvalue weighted by Crippen LogP contribution is -2.44. The van der Waals surface area contributed by atoms with Crippen LogP contribution in [0.5, 0.6) is 5.75 Å². The number of hydrogen-bond acceptors (Lipinski definition) is 4. The molecule has 1 fully saturated rings. The molecule has 0 bridgehead atoms. The van der Waals surface area contributed by atoms with Crippen LogP contribution in [0.15, 0.2) is 77.3 Å². The number of allylic oxidation sites excluding steroid dienone is 3. The van der Waals surface area contributed by atoms with E-state index in [1.807, 2.05) is 25.1 Å². The van der Waals surface area contributed by atoms with Gasteiger partial charge in [-0.05, 0) is 74.2 Å². The van der Waals surface area contributed by atoms with E-state index in [2.05, 4.69) is 51.4 Å². The Morgan fingerprint density at radius 1 is 1.12 bits per heavy atom. The lowest BCUT2D eigenvalue weighted by molar-refractivity contribution is -0.120. The molecule has 1 saturated heterocycles. The third kappa shape index (κ3) is 10.7. The van der Waals surface area contributed by atoms with Crippen LogP contribution in [0.2, 0.25) is 0 Å². The first-order valence-electron chi connectivity index (χ1n) is 14.3. The standard InChI is InChI=1S/C30H37FN2O2.C4H11N/c1-6-7-8-21(2)9-10-22(3)17-33-29(32)27-15-25(24-11-13-26(31)14-12-24)16-28(23(27)4)35-20-30(5)18-34-19-30;1-2-3-4-5/h8-16H,3,6-7,17-20H2,1-2,4-5H3,(H2,32,33);2-5H2,1H3/b10-9-,21-8+;. The molecule has 0 unspecified atom stereocenters. The lowest BCUT2D eigenvalue weighted by Gasteiger charge is -2.37. The smallest absolute Gasteiger partial charge is 0.126 e. The van der Waals surface area contributed by atoms with Crippen molar-refractivity contribution in [3.8, 4) is 16.9 Å². The Morgan fingerprint density at radius 3 is 2.38 bits per heavy atom. The molecule has 1 heterocycles. The van der Waals surface area contributed by atoms with Gasteiger partial charge in [0.25, 0.3) is 0 Å². The predicted octanol–water partition coefficient (Wildman–Crippen LogP) is 7.53. The number of hydrogen-bond donors (Lipinski definition) is 2. The van der Waals surface area contributed by atoms with Gasteiger partial charge in [0.2, 0.25) is 0 Å². The van der Waals surface area contributed by atoms with Crippen molar-refractivity contribution in [2.24, 2.45) is 21.9 Å². The second-order valence-electron chi connectivity index (χ2n) is 10.8. The van der Waals surface area contributed by atoms with Crippen molar-refractivity contribution in [3.63, 3.8) is 0 Å². The van der Waals surface area contributed by atoms with Gasteiger partial charge in [-0.3, -0.25) is 4.99 Å². The summed E-state index contributed by atoms with van der Waals surface area (Å²) in [4.78, 5) is 4.61. The van der Waals surface area contributed by atoms with Gasteiger partial charge in [0, 0.05) is 16.5 Å². The quantitative estimate of drug-likeness (QED) is 0.154. The maximum Gasteiger partial charge on any atom is 0.126 e. The molecule has 0 atom stereocenters. The summed E-state index contributed by atoms with van der Waals surface area (Å²) in [6, 6.07) is 10.4. The molecule has 0 aromatic heterocycles. The summed E-state index contributed by atoms with van der Waals surface area (Å²) < 4.78 is 25.1. The number of benzene rings is 2. The number of nitrogens with zero attached hydrogens (tertiary/aromatic N) is 1. The van der Waals surface area contributed by atoms with Crippen LogP contribution in [0.4, 0.5) is 4.39 Å². The minimum absolute atomic E-state index is 0.00585. The average Bonchev–Trinajstić information content (AvgIpc) is 2.93.